The average molecular weight is 394 g/mol. The van der Waals surface area contributed by atoms with Crippen LogP contribution >= 0.6 is 11.6 Å². The summed E-state index contributed by atoms with van der Waals surface area (Å²) < 4.78 is 41.4. The molecule has 0 N–H and O–H groups in total. The van der Waals surface area contributed by atoms with Crippen LogP contribution in [0.25, 0.3) is 0 Å². The molecule has 0 saturated carbocycles. The second-order valence-corrected chi connectivity index (χ2v) is 8.68. The fourth-order valence-electron chi connectivity index (χ4n) is 1.83. The molecule has 1 aromatic rings. The van der Waals surface area contributed by atoms with E-state index < -0.39 is 21.6 Å². The molecule has 0 heterocycles. The van der Waals surface area contributed by atoms with Crippen LogP contribution in [-0.4, -0.2) is 58.2 Å². The van der Waals surface area contributed by atoms with Crippen molar-refractivity contribution < 1.29 is 27.4 Å². The molecule has 0 aliphatic heterocycles. The number of nitrogens with zero attached hydrogens (tertiary/aromatic N) is 1. The van der Waals surface area contributed by atoms with E-state index in [0.717, 1.165) is 4.31 Å². The molecule has 0 saturated heterocycles. The predicted molar refractivity (Wildman–Crippen MR) is 94.5 cm³/mol. The number of halogens is 1. The smallest absolute Gasteiger partial charge is 0.332 e. The van der Waals surface area contributed by atoms with Gasteiger partial charge in [0.05, 0.1) is 18.7 Å². The summed E-state index contributed by atoms with van der Waals surface area (Å²) in [4.78, 5) is 11.5. The molecule has 0 fully saturated rings. The van der Waals surface area contributed by atoms with Gasteiger partial charge in [-0.15, -0.1) is 0 Å². The lowest BCUT2D eigenvalue weighted by Gasteiger charge is -2.20. The van der Waals surface area contributed by atoms with Gasteiger partial charge in [-0.05, 0) is 32.9 Å². The van der Waals surface area contributed by atoms with E-state index in [0.29, 0.717) is 5.75 Å². The molecule has 0 atom stereocenters. The zero-order valence-electron chi connectivity index (χ0n) is 15.0. The molecule has 142 valence electrons. The normalized spacial score (nSPS) is 12.3. The molecule has 0 aromatic heterocycles. The number of sulfonamides is 1. The molecule has 25 heavy (non-hydrogen) atoms. The number of hydrogen-bond acceptors (Lipinski definition) is 6. The van der Waals surface area contributed by atoms with E-state index in [2.05, 4.69) is 0 Å². The van der Waals surface area contributed by atoms with Crippen molar-refractivity contribution in [1.82, 2.24) is 4.31 Å². The van der Waals surface area contributed by atoms with Gasteiger partial charge in [0.2, 0.25) is 10.0 Å². The Morgan fingerprint density at radius 3 is 2.44 bits per heavy atom. The Labute approximate surface area is 153 Å². The number of benzene rings is 1. The summed E-state index contributed by atoms with van der Waals surface area (Å²) in [7, 11) is -0.899. The Bertz CT molecular complexity index is 699. The Balaban J connectivity index is 2.59. The van der Waals surface area contributed by atoms with E-state index in [9.17, 15) is 13.2 Å². The maximum Gasteiger partial charge on any atom is 0.332 e. The Morgan fingerprint density at radius 2 is 1.92 bits per heavy atom. The molecule has 1 aromatic carbocycles. The third-order valence-electron chi connectivity index (χ3n) is 3.02. The van der Waals surface area contributed by atoms with Gasteiger partial charge in [0.25, 0.3) is 0 Å². The van der Waals surface area contributed by atoms with Crippen molar-refractivity contribution in [3.8, 4) is 5.75 Å². The number of esters is 1. The molecule has 1 rings (SSSR count). The van der Waals surface area contributed by atoms with Crippen LogP contribution in [0.1, 0.15) is 20.8 Å². The Hall–Kier alpha value is -1.35. The van der Waals surface area contributed by atoms with Crippen LogP contribution in [0, 0.1) is 0 Å². The number of carbonyl (C=O) groups is 1. The highest BCUT2D eigenvalue weighted by Crippen LogP contribution is 2.27. The summed E-state index contributed by atoms with van der Waals surface area (Å²) in [6.45, 7) is 5.13. The Morgan fingerprint density at radius 1 is 1.28 bits per heavy atom. The number of likely N-dealkylation sites (N-methyl/N-ethyl adjacent to an activating group) is 1. The van der Waals surface area contributed by atoms with Gasteiger partial charge in [0, 0.05) is 19.7 Å². The standard InChI is InChI=1S/C16H24ClNO6S/c1-16(2,3)24-15(19)11-23-9-8-18(4)25(20,21)14-7-6-12(22-5)10-13(14)17/h6-7,10H,8-9,11H2,1-5H3. The van der Waals surface area contributed by atoms with Crippen molar-refractivity contribution in [1.29, 1.82) is 0 Å². The topological polar surface area (TPSA) is 82.1 Å². The molecule has 0 spiro atoms. The SMILES string of the molecule is COc1ccc(S(=O)(=O)N(C)CCOCC(=O)OC(C)(C)C)c(Cl)c1. The van der Waals surface area contributed by atoms with Crippen LogP contribution in [0.4, 0.5) is 0 Å². The van der Waals surface area contributed by atoms with Crippen LogP contribution in [0.2, 0.25) is 5.02 Å². The minimum absolute atomic E-state index is 0.0235. The van der Waals surface area contributed by atoms with Crippen molar-refractivity contribution in [3.05, 3.63) is 23.2 Å². The highest BCUT2D eigenvalue weighted by Gasteiger charge is 2.24. The maximum atomic E-state index is 12.5. The van der Waals surface area contributed by atoms with Gasteiger partial charge in [-0.25, -0.2) is 13.2 Å². The summed E-state index contributed by atoms with van der Waals surface area (Å²) in [5.74, 6) is -0.0384. The number of hydrogen-bond donors (Lipinski definition) is 0. The van der Waals surface area contributed by atoms with Gasteiger partial charge in [-0.2, -0.15) is 4.31 Å². The van der Waals surface area contributed by atoms with E-state index >= 15 is 0 Å². The van der Waals surface area contributed by atoms with Gasteiger partial charge in [0.1, 0.15) is 22.9 Å². The number of rotatable bonds is 8. The first-order valence-corrected chi connectivity index (χ1v) is 9.38. The lowest BCUT2D eigenvalue weighted by molar-refractivity contribution is -0.160. The van der Waals surface area contributed by atoms with Crippen molar-refractivity contribution >= 4 is 27.6 Å². The minimum Gasteiger partial charge on any atom is -0.497 e. The molecule has 0 aliphatic carbocycles. The molecule has 7 nitrogen and oxygen atoms in total. The molecular formula is C16H24ClNO6S. The van der Waals surface area contributed by atoms with Gasteiger partial charge in [-0.1, -0.05) is 11.6 Å². The fraction of sp³-hybridized carbons (Fsp3) is 0.562. The third-order valence-corrected chi connectivity index (χ3v) is 5.36. The van der Waals surface area contributed by atoms with E-state index in [1.807, 2.05) is 0 Å². The van der Waals surface area contributed by atoms with Crippen LogP contribution in [0.3, 0.4) is 0 Å². The van der Waals surface area contributed by atoms with Crippen molar-refractivity contribution in [2.75, 3.05) is 33.9 Å². The monoisotopic (exact) mass is 393 g/mol. The van der Waals surface area contributed by atoms with Crippen molar-refractivity contribution in [2.45, 2.75) is 31.3 Å². The van der Waals surface area contributed by atoms with Gasteiger partial charge >= 0.3 is 5.97 Å². The molecule has 9 heteroatoms. The van der Waals surface area contributed by atoms with E-state index in [1.165, 1.54) is 32.4 Å². The summed E-state index contributed by atoms with van der Waals surface area (Å²) in [6.07, 6.45) is 0. The summed E-state index contributed by atoms with van der Waals surface area (Å²) in [5.41, 5.74) is -0.592. The van der Waals surface area contributed by atoms with Crippen LogP contribution < -0.4 is 4.74 Å². The van der Waals surface area contributed by atoms with Crippen molar-refractivity contribution in [3.63, 3.8) is 0 Å². The highest BCUT2D eigenvalue weighted by molar-refractivity contribution is 7.89. The van der Waals surface area contributed by atoms with E-state index in [-0.39, 0.29) is 29.7 Å². The van der Waals surface area contributed by atoms with Gasteiger partial charge < -0.3 is 14.2 Å². The first kappa shape index (κ1) is 21.7. The number of carbonyl (C=O) groups excluding carboxylic acids is 1. The average Bonchev–Trinajstić information content (AvgIpc) is 2.49. The zero-order chi connectivity index (χ0) is 19.3. The van der Waals surface area contributed by atoms with Gasteiger partial charge in [-0.3, -0.25) is 0 Å². The molecule has 0 amide bonds. The molecule has 0 radical (unpaired) electrons. The lowest BCUT2D eigenvalue weighted by Crippen LogP contribution is -2.32. The van der Waals surface area contributed by atoms with E-state index in [4.69, 9.17) is 25.8 Å². The Kier molecular flexibility index (Phi) is 7.67. The molecule has 0 aliphatic rings. The highest BCUT2D eigenvalue weighted by atomic mass is 35.5. The largest absolute Gasteiger partial charge is 0.497 e. The van der Waals surface area contributed by atoms with Crippen LogP contribution in [0.15, 0.2) is 23.1 Å². The second kappa shape index (κ2) is 8.84. The van der Waals surface area contributed by atoms with Crippen LogP contribution in [-0.2, 0) is 24.3 Å². The predicted octanol–water partition coefficient (Wildman–Crippen LogP) is 2.33. The summed E-state index contributed by atoms with van der Waals surface area (Å²) in [6, 6.07) is 4.33. The van der Waals surface area contributed by atoms with Gasteiger partial charge in [0.15, 0.2) is 0 Å². The maximum absolute atomic E-state index is 12.5. The zero-order valence-corrected chi connectivity index (χ0v) is 16.6. The lowest BCUT2D eigenvalue weighted by atomic mass is 10.2. The molecular weight excluding hydrogens is 370 g/mol. The third kappa shape index (κ3) is 6.81. The minimum atomic E-state index is -3.77. The number of ether oxygens (including phenoxy) is 3. The first-order valence-electron chi connectivity index (χ1n) is 7.57. The quantitative estimate of drug-likeness (QED) is 0.498. The second-order valence-electron chi connectivity index (χ2n) is 6.26. The number of methoxy groups -OCH3 is 1. The molecule has 0 bridgehead atoms. The van der Waals surface area contributed by atoms with Crippen LogP contribution in [0.5, 0.6) is 5.75 Å². The van der Waals surface area contributed by atoms with Crippen molar-refractivity contribution in [2.24, 2.45) is 0 Å². The first-order chi connectivity index (χ1) is 11.5. The molecule has 0 unspecified atom stereocenters. The summed E-state index contributed by atoms with van der Waals surface area (Å²) in [5, 5.41) is 0.0703. The van der Waals surface area contributed by atoms with E-state index in [1.54, 1.807) is 20.8 Å². The summed E-state index contributed by atoms with van der Waals surface area (Å²) >= 11 is 6.02. The fourth-order valence-corrected chi connectivity index (χ4v) is 3.48.